The van der Waals surface area contributed by atoms with Crippen molar-refractivity contribution in [3.8, 4) is 5.75 Å². The quantitative estimate of drug-likeness (QED) is 0.127. The number of carbonyl (C=O) groups is 2. The zero-order valence-corrected chi connectivity index (χ0v) is 26.3. The van der Waals surface area contributed by atoms with Gasteiger partial charge in [0.1, 0.15) is 17.2 Å². The number of amides is 1. The highest BCUT2D eigenvalue weighted by molar-refractivity contribution is 6.06. The van der Waals surface area contributed by atoms with Crippen LogP contribution in [-0.2, 0) is 11.2 Å². The lowest BCUT2D eigenvalue weighted by Crippen LogP contribution is -2.27. The fourth-order valence-corrected chi connectivity index (χ4v) is 4.81. The minimum atomic E-state index is -0.976. The molecule has 0 saturated heterocycles. The van der Waals surface area contributed by atoms with Crippen LogP contribution in [0.15, 0.2) is 89.5 Å². The number of furan rings is 1. The first-order chi connectivity index (χ1) is 21.8. The van der Waals surface area contributed by atoms with Crippen LogP contribution in [0.25, 0.3) is 11.0 Å². The first-order valence-corrected chi connectivity index (χ1v) is 15.1. The van der Waals surface area contributed by atoms with Crippen molar-refractivity contribution in [1.82, 2.24) is 4.98 Å². The molecule has 2 aromatic heterocycles. The van der Waals surface area contributed by atoms with Crippen LogP contribution < -0.4 is 15.0 Å². The molecule has 4 aromatic rings. The number of aromatic carboxylic acids is 1. The molecule has 0 aliphatic heterocycles. The third-order valence-corrected chi connectivity index (χ3v) is 7.43. The van der Waals surface area contributed by atoms with Crippen molar-refractivity contribution in [2.24, 2.45) is 5.92 Å². The molecule has 0 fully saturated rings. The topological polar surface area (TPSA) is 114 Å². The van der Waals surface area contributed by atoms with E-state index in [9.17, 15) is 14.7 Å². The molecule has 236 valence electrons. The largest absolute Gasteiger partial charge is 0.493 e. The monoisotopic (exact) mass is 611 g/mol. The van der Waals surface area contributed by atoms with Crippen molar-refractivity contribution in [3.05, 3.63) is 108 Å². The van der Waals surface area contributed by atoms with Gasteiger partial charge >= 0.3 is 5.97 Å². The van der Waals surface area contributed by atoms with Crippen LogP contribution in [0.1, 0.15) is 52.3 Å². The molecule has 0 bridgehead atoms. The molecule has 2 N–H and O–H groups in total. The molecule has 0 spiro atoms. The fourth-order valence-electron chi connectivity index (χ4n) is 4.81. The molecular formula is C36H41N3O6. The van der Waals surface area contributed by atoms with E-state index in [2.05, 4.69) is 41.2 Å². The molecule has 0 radical (unpaired) electrons. The van der Waals surface area contributed by atoms with E-state index in [1.165, 1.54) is 6.07 Å². The van der Waals surface area contributed by atoms with Gasteiger partial charge in [0.2, 0.25) is 0 Å². The number of pyridine rings is 1. The van der Waals surface area contributed by atoms with E-state index in [-0.39, 0.29) is 23.1 Å². The van der Waals surface area contributed by atoms with Crippen LogP contribution in [0, 0.1) is 12.8 Å². The SMILES string of the molecule is CCN(CCC(C)COc1cccc(C(=O)O)c1)c1ccc(NC(=O)c2oc3ccc(C/C=C\C=C/COC)cc3c2C)cn1. The van der Waals surface area contributed by atoms with Crippen LogP contribution in [-0.4, -0.2) is 55.4 Å². The predicted octanol–water partition coefficient (Wildman–Crippen LogP) is 7.32. The second-order valence-electron chi connectivity index (χ2n) is 10.9. The minimum Gasteiger partial charge on any atom is -0.493 e. The summed E-state index contributed by atoms with van der Waals surface area (Å²) in [6.07, 6.45) is 11.3. The normalized spacial score (nSPS) is 12.2. The van der Waals surface area contributed by atoms with Crippen molar-refractivity contribution in [2.75, 3.05) is 43.6 Å². The predicted molar refractivity (Wildman–Crippen MR) is 178 cm³/mol. The van der Waals surface area contributed by atoms with Crippen molar-refractivity contribution in [2.45, 2.75) is 33.6 Å². The third-order valence-electron chi connectivity index (χ3n) is 7.43. The number of hydrogen-bond donors (Lipinski definition) is 2. The fraction of sp³-hybridized carbons (Fsp3) is 0.306. The molecule has 2 heterocycles. The molecule has 2 aromatic carbocycles. The summed E-state index contributed by atoms with van der Waals surface area (Å²) in [7, 11) is 1.66. The number of anilines is 2. The van der Waals surface area contributed by atoms with Crippen molar-refractivity contribution in [1.29, 1.82) is 0 Å². The van der Waals surface area contributed by atoms with Gasteiger partial charge in [0, 0.05) is 31.1 Å². The van der Waals surface area contributed by atoms with Gasteiger partial charge in [-0.2, -0.15) is 0 Å². The van der Waals surface area contributed by atoms with Gasteiger partial charge in [-0.15, -0.1) is 0 Å². The molecule has 0 aliphatic rings. The van der Waals surface area contributed by atoms with E-state index in [0.29, 0.717) is 30.2 Å². The van der Waals surface area contributed by atoms with E-state index in [0.717, 1.165) is 48.3 Å². The Morgan fingerprint density at radius 2 is 1.93 bits per heavy atom. The zero-order valence-electron chi connectivity index (χ0n) is 26.3. The maximum atomic E-state index is 13.1. The number of carboxylic acids is 1. The van der Waals surface area contributed by atoms with Crippen molar-refractivity contribution >= 4 is 34.4 Å². The molecule has 45 heavy (non-hydrogen) atoms. The highest BCUT2D eigenvalue weighted by Crippen LogP contribution is 2.28. The number of aromatic nitrogens is 1. The lowest BCUT2D eigenvalue weighted by molar-refractivity contribution is 0.0696. The van der Waals surface area contributed by atoms with E-state index in [1.54, 1.807) is 31.5 Å². The minimum absolute atomic E-state index is 0.205. The van der Waals surface area contributed by atoms with E-state index < -0.39 is 5.97 Å². The van der Waals surface area contributed by atoms with Crippen molar-refractivity contribution < 1.29 is 28.6 Å². The Morgan fingerprint density at radius 1 is 1.11 bits per heavy atom. The van der Waals surface area contributed by atoms with Gasteiger partial charge in [0.05, 0.1) is 30.7 Å². The van der Waals surface area contributed by atoms with E-state index >= 15 is 0 Å². The van der Waals surface area contributed by atoms with Crippen LogP contribution in [0.3, 0.4) is 0 Å². The Balaban J connectivity index is 1.31. The van der Waals surface area contributed by atoms with Gasteiger partial charge in [-0.25, -0.2) is 9.78 Å². The molecule has 1 unspecified atom stereocenters. The standard InChI is InChI=1S/C36H41N3O6/c1-5-39(19-18-25(2)24-44-30-13-10-12-28(22-30)36(41)42)33-17-15-29(23-37-33)38-35(40)34-26(3)31-21-27(14-16-32(31)45-34)11-8-6-7-9-20-43-4/h6-10,12-17,21-23,25H,5,11,18-20,24H2,1-4H3,(H,38,40)(H,41,42)/b8-6-,9-7-. The number of fused-ring (bicyclic) bond motifs is 1. The third kappa shape index (κ3) is 9.30. The van der Waals surface area contributed by atoms with Gasteiger partial charge in [-0.3, -0.25) is 4.79 Å². The summed E-state index contributed by atoms with van der Waals surface area (Å²) in [6.45, 7) is 8.67. The highest BCUT2D eigenvalue weighted by Gasteiger charge is 2.19. The summed E-state index contributed by atoms with van der Waals surface area (Å²) in [6, 6.07) is 16.2. The van der Waals surface area contributed by atoms with Gasteiger partial charge in [0.15, 0.2) is 5.76 Å². The van der Waals surface area contributed by atoms with Gasteiger partial charge in [-0.05, 0) is 80.6 Å². The van der Waals surface area contributed by atoms with Crippen LogP contribution >= 0.6 is 0 Å². The summed E-state index contributed by atoms with van der Waals surface area (Å²) in [5, 5.41) is 13.0. The molecule has 1 atom stereocenters. The van der Waals surface area contributed by atoms with Crippen LogP contribution in [0.5, 0.6) is 5.75 Å². The second kappa shape index (κ2) is 16.3. The first kappa shape index (κ1) is 33.0. The average molecular weight is 612 g/mol. The molecule has 1 amide bonds. The maximum Gasteiger partial charge on any atom is 0.335 e. The zero-order chi connectivity index (χ0) is 32.2. The highest BCUT2D eigenvalue weighted by atomic mass is 16.5. The van der Waals surface area contributed by atoms with E-state index in [1.807, 2.05) is 49.4 Å². The number of nitrogens with one attached hydrogen (secondary N) is 1. The Bertz CT molecular complexity index is 1640. The number of ether oxygens (including phenoxy) is 2. The maximum absolute atomic E-state index is 13.1. The van der Waals surface area contributed by atoms with Crippen LogP contribution in [0.4, 0.5) is 11.5 Å². The molecular weight excluding hydrogens is 570 g/mol. The molecule has 4 rings (SSSR count). The summed E-state index contributed by atoms with van der Waals surface area (Å²) in [5.74, 6) is 0.591. The average Bonchev–Trinajstić information content (AvgIpc) is 3.38. The molecule has 0 aliphatic carbocycles. The number of rotatable bonds is 16. The Hall–Kier alpha value is -4.89. The molecule has 0 saturated carbocycles. The summed E-state index contributed by atoms with van der Waals surface area (Å²) in [4.78, 5) is 31.1. The second-order valence-corrected chi connectivity index (χ2v) is 10.9. The number of benzene rings is 2. The summed E-state index contributed by atoms with van der Waals surface area (Å²) in [5.41, 5.74) is 3.38. The lowest BCUT2D eigenvalue weighted by Gasteiger charge is -2.24. The number of hydrogen-bond acceptors (Lipinski definition) is 7. The smallest absolute Gasteiger partial charge is 0.335 e. The number of methoxy groups -OCH3 is 1. The van der Waals surface area contributed by atoms with Gasteiger partial charge in [0.25, 0.3) is 5.91 Å². The van der Waals surface area contributed by atoms with E-state index in [4.69, 9.17) is 13.9 Å². The molecule has 9 nitrogen and oxygen atoms in total. The first-order valence-electron chi connectivity index (χ1n) is 15.1. The number of carboxylic acid groups (broad SMARTS) is 1. The molecule has 9 heteroatoms. The van der Waals surface area contributed by atoms with Crippen molar-refractivity contribution in [3.63, 3.8) is 0 Å². The lowest BCUT2D eigenvalue weighted by atomic mass is 10.1. The summed E-state index contributed by atoms with van der Waals surface area (Å²) >= 11 is 0. The van der Waals surface area contributed by atoms with Gasteiger partial charge in [-0.1, -0.05) is 43.4 Å². The Kier molecular flexibility index (Phi) is 11.9. The Labute approximate surface area is 264 Å². The number of carbonyl (C=O) groups excluding carboxylic acids is 1. The summed E-state index contributed by atoms with van der Waals surface area (Å²) < 4.78 is 16.8. The van der Waals surface area contributed by atoms with Gasteiger partial charge < -0.3 is 29.2 Å². The number of aryl methyl sites for hydroxylation is 1. The number of nitrogens with zero attached hydrogens (tertiary/aromatic N) is 2. The Morgan fingerprint density at radius 3 is 2.67 bits per heavy atom. The number of allylic oxidation sites excluding steroid dienone is 3. The van der Waals surface area contributed by atoms with Crippen LogP contribution in [0.2, 0.25) is 0 Å².